The van der Waals surface area contributed by atoms with Gasteiger partial charge in [-0.15, -0.1) is 0 Å². The zero-order valence-corrected chi connectivity index (χ0v) is 31.3. The van der Waals surface area contributed by atoms with Gasteiger partial charge in [0.1, 0.15) is 6.61 Å². The summed E-state index contributed by atoms with van der Waals surface area (Å²) in [4.78, 5) is 24.2. The Morgan fingerprint density at radius 2 is 0.820 bits per heavy atom. The highest BCUT2D eigenvalue weighted by Crippen LogP contribution is 2.08. The third kappa shape index (κ3) is 37.1. The molecule has 1 unspecified atom stereocenters. The van der Waals surface area contributed by atoms with Gasteiger partial charge in [0.05, 0.1) is 6.61 Å². The largest absolute Gasteiger partial charge is 0.462 e. The standard InChI is InChI=1S/C45H68O5/c1-3-5-7-9-11-13-15-17-19-21-22-24-25-27-29-31-33-35-37-39-44(47)49-42-43(41-46)50-45(48)40-38-36-34-32-30-28-26-23-20-18-16-14-12-10-8-6-4-2/h5-8,11-14,17-20,22,24,26-29,32,34,43,46H,3-4,9-10,15-16,21,23,25,30-31,33,35-42H2,1-2H3. The minimum Gasteiger partial charge on any atom is -0.462 e. The molecule has 1 atom stereocenters. The molecular weight excluding hydrogens is 620 g/mol. The maximum atomic E-state index is 12.1. The number of hydrogen-bond acceptors (Lipinski definition) is 5. The van der Waals surface area contributed by atoms with Gasteiger partial charge in [-0.1, -0.05) is 142 Å². The Balaban J connectivity index is 3.79. The summed E-state index contributed by atoms with van der Waals surface area (Å²) < 4.78 is 10.5. The van der Waals surface area contributed by atoms with Gasteiger partial charge in [-0.25, -0.2) is 0 Å². The first-order valence-corrected chi connectivity index (χ1v) is 19.1. The van der Waals surface area contributed by atoms with Crippen LogP contribution in [-0.4, -0.2) is 36.4 Å². The Kier molecular flexibility index (Phi) is 36.8. The highest BCUT2D eigenvalue weighted by Gasteiger charge is 2.15. The van der Waals surface area contributed by atoms with Crippen molar-refractivity contribution in [3.8, 4) is 0 Å². The number of aliphatic hydroxyl groups is 1. The molecular formula is C45H68O5. The van der Waals surface area contributed by atoms with E-state index in [4.69, 9.17) is 9.47 Å². The molecule has 5 nitrogen and oxygen atoms in total. The van der Waals surface area contributed by atoms with E-state index in [-0.39, 0.29) is 31.6 Å². The summed E-state index contributed by atoms with van der Waals surface area (Å²) in [6.45, 7) is 3.80. The van der Waals surface area contributed by atoms with E-state index in [0.29, 0.717) is 12.8 Å². The SMILES string of the molecule is CCC=CCC=CCC=CCC=CCC=CCCCCCC(=O)OCC(CO)OC(=O)CCCC=CCC=CCC=CCC=CCC=CCC. The van der Waals surface area contributed by atoms with Crippen LogP contribution in [0.25, 0.3) is 0 Å². The molecule has 50 heavy (non-hydrogen) atoms. The second-order valence-corrected chi connectivity index (χ2v) is 11.9. The average Bonchev–Trinajstić information content (AvgIpc) is 3.12. The van der Waals surface area contributed by atoms with Gasteiger partial charge >= 0.3 is 11.9 Å². The molecule has 0 saturated heterocycles. The van der Waals surface area contributed by atoms with Crippen molar-refractivity contribution in [2.24, 2.45) is 0 Å². The first-order valence-electron chi connectivity index (χ1n) is 19.1. The number of carbonyl (C=O) groups is 2. The van der Waals surface area contributed by atoms with E-state index in [0.717, 1.165) is 96.3 Å². The third-order valence-electron chi connectivity index (χ3n) is 7.25. The van der Waals surface area contributed by atoms with Gasteiger partial charge in [0.25, 0.3) is 0 Å². The summed E-state index contributed by atoms with van der Waals surface area (Å²) in [6, 6.07) is 0. The first-order chi connectivity index (χ1) is 24.6. The van der Waals surface area contributed by atoms with Gasteiger partial charge in [-0.3, -0.25) is 9.59 Å². The van der Waals surface area contributed by atoms with E-state index in [9.17, 15) is 14.7 Å². The van der Waals surface area contributed by atoms with Crippen molar-refractivity contribution in [1.82, 2.24) is 0 Å². The van der Waals surface area contributed by atoms with Crippen LogP contribution in [0.4, 0.5) is 0 Å². The number of carbonyl (C=O) groups excluding carboxylic acids is 2. The lowest BCUT2D eigenvalue weighted by Crippen LogP contribution is -2.28. The highest BCUT2D eigenvalue weighted by molar-refractivity contribution is 5.70. The van der Waals surface area contributed by atoms with Crippen LogP contribution in [-0.2, 0) is 19.1 Å². The van der Waals surface area contributed by atoms with Crippen LogP contribution in [0, 0.1) is 0 Å². The van der Waals surface area contributed by atoms with E-state index in [2.05, 4.69) is 135 Å². The summed E-state index contributed by atoms with van der Waals surface area (Å²) in [5.41, 5.74) is 0. The molecule has 0 aliphatic heterocycles. The van der Waals surface area contributed by atoms with Crippen LogP contribution >= 0.6 is 0 Å². The van der Waals surface area contributed by atoms with Crippen molar-refractivity contribution in [2.45, 2.75) is 136 Å². The predicted molar refractivity (Wildman–Crippen MR) is 214 cm³/mol. The van der Waals surface area contributed by atoms with Crippen LogP contribution in [0.5, 0.6) is 0 Å². The molecule has 0 aliphatic carbocycles. The molecule has 278 valence electrons. The summed E-state index contributed by atoms with van der Waals surface area (Å²) in [5, 5.41) is 9.54. The van der Waals surface area contributed by atoms with E-state index < -0.39 is 6.10 Å². The maximum absolute atomic E-state index is 12.1. The topological polar surface area (TPSA) is 72.8 Å². The Hall–Kier alpha value is -3.70. The van der Waals surface area contributed by atoms with Crippen molar-refractivity contribution in [3.05, 3.63) is 122 Å². The average molecular weight is 689 g/mol. The van der Waals surface area contributed by atoms with Crippen LogP contribution in [0.3, 0.4) is 0 Å². The fourth-order valence-corrected chi connectivity index (χ4v) is 4.44. The molecule has 0 aromatic carbocycles. The zero-order valence-electron chi connectivity index (χ0n) is 31.3. The lowest BCUT2D eigenvalue weighted by atomic mass is 10.1. The van der Waals surface area contributed by atoms with Crippen LogP contribution in [0.2, 0.25) is 0 Å². The van der Waals surface area contributed by atoms with Crippen molar-refractivity contribution in [2.75, 3.05) is 13.2 Å². The molecule has 0 bridgehead atoms. The molecule has 0 aromatic rings. The first kappa shape index (κ1) is 46.3. The molecule has 0 radical (unpaired) electrons. The van der Waals surface area contributed by atoms with Crippen molar-refractivity contribution < 1.29 is 24.2 Å². The molecule has 0 saturated carbocycles. The lowest BCUT2D eigenvalue weighted by molar-refractivity contribution is -0.161. The number of rotatable bonds is 32. The third-order valence-corrected chi connectivity index (χ3v) is 7.25. The monoisotopic (exact) mass is 689 g/mol. The second-order valence-electron chi connectivity index (χ2n) is 11.9. The number of aliphatic hydroxyl groups excluding tert-OH is 1. The quantitative estimate of drug-likeness (QED) is 0.0433. The molecule has 0 amide bonds. The van der Waals surface area contributed by atoms with Gasteiger partial charge in [-0.2, -0.15) is 0 Å². The number of ether oxygens (including phenoxy) is 2. The highest BCUT2D eigenvalue weighted by atomic mass is 16.6. The molecule has 0 rings (SSSR count). The molecule has 0 aliphatic rings. The number of hydrogen-bond donors (Lipinski definition) is 1. The normalized spacial score (nSPS) is 13.6. The minimum atomic E-state index is -0.824. The van der Waals surface area contributed by atoms with E-state index in [1.807, 2.05) is 0 Å². The van der Waals surface area contributed by atoms with Gasteiger partial charge in [0.2, 0.25) is 0 Å². The Bertz CT molecular complexity index is 1100. The zero-order chi connectivity index (χ0) is 36.4. The van der Waals surface area contributed by atoms with Crippen molar-refractivity contribution in [1.29, 1.82) is 0 Å². The summed E-state index contributed by atoms with van der Waals surface area (Å²) in [5.74, 6) is -0.713. The fraction of sp³-hybridized carbons (Fsp3) is 0.511. The molecule has 0 fully saturated rings. The number of allylic oxidation sites excluding steroid dienone is 20. The summed E-state index contributed by atoms with van der Waals surface area (Å²) in [6.07, 6.45) is 58.3. The van der Waals surface area contributed by atoms with E-state index >= 15 is 0 Å². The smallest absolute Gasteiger partial charge is 0.306 e. The van der Waals surface area contributed by atoms with Crippen molar-refractivity contribution >= 4 is 11.9 Å². The number of unbranched alkanes of at least 4 members (excludes halogenated alkanes) is 4. The van der Waals surface area contributed by atoms with Crippen molar-refractivity contribution in [3.63, 3.8) is 0 Å². The molecule has 0 spiro atoms. The van der Waals surface area contributed by atoms with Crippen LogP contribution in [0.1, 0.15) is 129 Å². The van der Waals surface area contributed by atoms with Crippen LogP contribution < -0.4 is 0 Å². The Morgan fingerprint density at radius 1 is 0.460 bits per heavy atom. The lowest BCUT2D eigenvalue weighted by Gasteiger charge is -2.15. The summed E-state index contributed by atoms with van der Waals surface area (Å²) in [7, 11) is 0. The second kappa shape index (κ2) is 39.7. The van der Waals surface area contributed by atoms with Gasteiger partial charge < -0.3 is 14.6 Å². The summed E-state index contributed by atoms with van der Waals surface area (Å²) >= 11 is 0. The number of esters is 2. The Morgan fingerprint density at radius 3 is 1.22 bits per heavy atom. The van der Waals surface area contributed by atoms with Crippen LogP contribution in [0.15, 0.2) is 122 Å². The molecule has 5 heteroatoms. The minimum absolute atomic E-state index is 0.115. The molecule has 0 aromatic heterocycles. The molecule has 1 N–H and O–H groups in total. The maximum Gasteiger partial charge on any atom is 0.306 e. The van der Waals surface area contributed by atoms with E-state index in [1.54, 1.807) is 0 Å². The fourth-order valence-electron chi connectivity index (χ4n) is 4.44. The van der Waals surface area contributed by atoms with E-state index in [1.165, 1.54) is 0 Å². The predicted octanol–water partition coefficient (Wildman–Crippen LogP) is 12.1. The van der Waals surface area contributed by atoms with Gasteiger partial charge in [-0.05, 0) is 96.3 Å². The molecule has 0 heterocycles. The Labute approximate surface area is 305 Å². The van der Waals surface area contributed by atoms with Gasteiger partial charge in [0, 0.05) is 12.8 Å². The van der Waals surface area contributed by atoms with Gasteiger partial charge in [0.15, 0.2) is 6.10 Å².